The molecule has 0 bridgehead atoms. The third-order valence-corrected chi connectivity index (χ3v) is 3.67. The first-order valence-electron chi connectivity index (χ1n) is 8.32. The lowest BCUT2D eigenvalue weighted by atomic mass is 9.95. The van der Waals surface area contributed by atoms with E-state index in [9.17, 15) is 9.59 Å². The minimum absolute atomic E-state index is 0.310. The first kappa shape index (κ1) is 18.5. The molecule has 0 N–H and O–H groups in total. The monoisotopic (exact) mass is 308 g/mol. The van der Waals surface area contributed by atoms with Gasteiger partial charge >= 0.3 is 11.9 Å². The van der Waals surface area contributed by atoms with E-state index < -0.39 is 5.92 Å². The van der Waals surface area contributed by atoms with Gasteiger partial charge in [-0.15, -0.1) is 0 Å². The van der Waals surface area contributed by atoms with E-state index in [4.69, 9.17) is 9.47 Å². The van der Waals surface area contributed by atoms with E-state index in [1.807, 2.05) is 26.8 Å². The van der Waals surface area contributed by atoms with Crippen molar-refractivity contribution in [3.05, 3.63) is 23.3 Å². The molecule has 0 amide bonds. The van der Waals surface area contributed by atoms with Gasteiger partial charge < -0.3 is 9.47 Å². The molecule has 0 heterocycles. The van der Waals surface area contributed by atoms with Crippen LogP contribution in [0.1, 0.15) is 59.3 Å². The Morgan fingerprint density at radius 2 is 1.77 bits per heavy atom. The average Bonchev–Trinajstić information content (AvgIpc) is 2.69. The normalized spacial score (nSPS) is 18.0. The summed E-state index contributed by atoms with van der Waals surface area (Å²) in [6, 6.07) is 0. The maximum absolute atomic E-state index is 12.3. The lowest BCUT2D eigenvalue weighted by molar-refractivity contribution is -0.150. The molecule has 0 saturated carbocycles. The Morgan fingerprint density at radius 3 is 2.41 bits per heavy atom. The van der Waals surface area contributed by atoms with Crippen LogP contribution >= 0.6 is 0 Å². The van der Waals surface area contributed by atoms with Crippen molar-refractivity contribution in [2.45, 2.75) is 59.3 Å². The van der Waals surface area contributed by atoms with Gasteiger partial charge in [-0.3, -0.25) is 4.79 Å². The Labute approximate surface area is 133 Å². The van der Waals surface area contributed by atoms with Gasteiger partial charge in [0.25, 0.3) is 0 Å². The van der Waals surface area contributed by atoms with Crippen molar-refractivity contribution in [1.29, 1.82) is 0 Å². The van der Waals surface area contributed by atoms with Crippen LogP contribution in [0.4, 0.5) is 0 Å². The van der Waals surface area contributed by atoms with E-state index in [1.54, 1.807) is 6.08 Å². The summed E-state index contributed by atoms with van der Waals surface area (Å²) in [5.74, 6) is -1.21. The molecule has 0 aromatic rings. The maximum atomic E-state index is 12.3. The average molecular weight is 308 g/mol. The van der Waals surface area contributed by atoms with Gasteiger partial charge in [0.2, 0.25) is 0 Å². The molecule has 4 nitrogen and oxygen atoms in total. The summed E-state index contributed by atoms with van der Waals surface area (Å²) in [4.78, 5) is 24.6. The quantitative estimate of drug-likeness (QED) is 0.503. The zero-order valence-electron chi connectivity index (χ0n) is 14.0. The number of ether oxygens (including phenoxy) is 2. The van der Waals surface area contributed by atoms with Gasteiger partial charge in [-0.05, 0) is 38.7 Å². The lowest BCUT2D eigenvalue weighted by Crippen LogP contribution is -2.25. The van der Waals surface area contributed by atoms with Crippen LogP contribution in [-0.4, -0.2) is 25.2 Å². The van der Waals surface area contributed by atoms with Crippen molar-refractivity contribution in [3.8, 4) is 0 Å². The molecule has 0 aromatic carbocycles. The van der Waals surface area contributed by atoms with Crippen molar-refractivity contribution in [1.82, 2.24) is 0 Å². The first-order valence-corrected chi connectivity index (χ1v) is 8.32. The zero-order valence-corrected chi connectivity index (χ0v) is 14.0. The second-order valence-corrected chi connectivity index (χ2v) is 5.69. The molecule has 0 aliphatic heterocycles. The minimum Gasteiger partial charge on any atom is -0.465 e. The molecule has 124 valence electrons. The van der Waals surface area contributed by atoms with Gasteiger partial charge in [-0.2, -0.15) is 0 Å². The Kier molecular flexibility index (Phi) is 8.56. The maximum Gasteiger partial charge on any atom is 0.334 e. The second kappa shape index (κ2) is 10.2. The van der Waals surface area contributed by atoms with Crippen LogP contribution < -0.4 is 0 Å². The predicted molar refractivity (Wildman–Crippen MR) is 86.3 cm³/mol. The highest BCUT2D eigenvalue weighted by molar-refractivity contribution is 5.96. The summed E-state index contributed by atoms with van der Waals surface area (Å²) in [5.41, 5.74) is 1.43. The lowest BCUT2D eigenvalue weighted by Gasteiger charge is -2.17. The fourth-order valence-electron chi connectivity index (χ4n) is 2.29. The molecule has 0 saturated heterocycles. The van der Waals surface area contributed by atoms with Crippen LogP contribution in [0.25, 0.3) is 0 Å². The minimum atomic E-state index is -0.514. The zero-order chi connectivity index (χ0) is 16.4. The van der Waals surface area contributed by atoms with Crippen LogP contribution in [0.15, 0.2) is 23.3 Å². The molecule has 1 atom stereocenters. The summed E-state index contributed by atoms with van der Waals surface area (Å²) in [6.45, 7) is 6.83. The highest BCUT2D eigenvalue weighted by Gasteiger charge is 2.30. The number of unbranched alkanes of at least 4 members (excludes halogenated alkanes) is 2. The molecule has 0 aromatic heterocycles. The van der Waals surface area contributed by atoms with E-state index in [2.05, 4.69) is 0 Å². The largest absolute Gasteiger partial charge is 0.465 e. The van der Waals surface area contributed by atoms with Gasteiger partial charge in [-0.25, -0.2) is 4.79 Å². The molecule has 4 heteroatoms. The smallest absolute Gasteiger partial charge is 0.334 e. The highest BCUT2D eigenvalue weighted by atomic mass is 16.5. The summed E-state index contributed by atoms with van der Waals surface area (Å²) < 4.78 is 10.6. The Balaban J connectivity index is 2.76. The molecule has 1 aliphatic carbocycles. The third-order valence-electron chi connectivity index (χ3n) is 3.67. The number of carbonyl (C=O) groups excluding carboxylic acids is 2. The van der Waals surface area contributed by atoms with Gasteiger partial charge in [0, 0.05) is 0 Å². The number of carbonyl (C=O) groups is 2. The molecule has 0 spiro atoms. The first-order chi connectivity index (χ1) is 10.6. The second-order valence-electron chi connectivity index (χ2n) is 5.69. The number of hydrogen-bond donors (Lipinski definition) is 0. The Morgan fingerprint density at radius 1 is 1.14 bits per heavy atom. The van der Waals surface area contributed by atoms with Crippen molar-refractivity contribution in [2.75, 3.05) is 13.2 Å². The number of rotatable bonds is 8. The van der Waals surface area contributed by atoms with Crippen molar-refractivity contribution >= 4 is 11.9 Å². The van der Waals surface area contributed by atoms with Crippen LogP contribution in [0, 0.1) is 5.92 Å². The van der Waals surface area contributed by atoms with E-state index in [0.29, 0.717) is 25.2 Å². The molecule has 1 aliphatic rings. The summed E-state index contributed by atoms with van der Waals surface area (Å²) in [6.07, 6.45) is 8.79. The molecular formula is C18H28O4. The Hall–Kier alpha value is -1.58. The Bertz CT molecular complexity index is 434. The molecule has 1 unspecified atom stereocenters. The molecule has 0 radical (unpaired) electrons. The fraction of sp³-hybridized carbons (Fsp3) is 0.667. The van der Waals surface area contributed by atoms with Gasteiger partial charge in [0.05, 0.1) is 24.7 Å². The summed E-state index contributed by atoms with van der Waals surface area (Å²) in [7, 11) is 0. The topological polar surface area (TPSA) is 52.6 Å². The fourth-order valence-corrected chi connectivity index (χ4v) is 2.29. The SMILES string of the molecule is CCCCOC(=O)C1=CC(C)=CCCC1C(=O)OCCCC. The highest BCUT2D eigenvalue weighted by Crippen LogP contribution is 2.26. The van der Waals surface area contributed by atoms with E-state index in [1.165, 1.54) is 0 Å². The van der Waals surface area contributed by atoms with Gasteiger partial charge in [0.1, 0.15) is 0 Å². The van der Waals surface area contributed by atoms with Crippen LogP contribution in [0.5, 0.6) is 0 Å². The summed E-state index contributed by atoms with van der Waals surface area (Å²) >= 11 is 0. The number of esters is 2. The molecule has 1 rings (SSSR count). The molecule has 0 fully saturated rings. The van der Waals surface area contributed by atoms with Crippen LogP contribution in [0.2, 0.25) is 0 Å². The summed E-state index contributed by atoms with van der Waals surface area (Å²) in [5, 5.41) is 0. The van der Waals surface area contributed by atoms with E-state index in [0.717, 1.165) is 37.7 Å². The van der Waals surface area contributed by atoms with Crippen LogP contribution in [0.3, 0.4) is 0 Å². The van der Waals surface area contributed by atoms with E-state index in [-0.39, 0.29) is 11.9 Å². The van der Waals surface area contributed by atoms with Gasteiger partial charge in [-0.1, -0.05) is 38.3 Å². The standard InChI is InChI=1S/C18H28O4/c1-4-6-11-21-17(19)15-10-8-9-14(3)13-16(15)18(20)22-12-7-5-2/h9,13,15H,4-8,10-12H2,1-3H3. The van der Waals surface area contributed by atoms with Crippen molar-refractivity contribution < 1.29 is 19.1 Å². The predicted octanol–water partition coefficient (Wildman–Crippen LogP) is 3.96. The molecular weight excluding hydrogens is 280 g/mol. The van der Waals surface area contributed by atoms with Crippen LogP contribution in [-0.2, 0) is 19.1 Å². The van der Waals surface area contributed by atoms with Gasteiger partial charge in [0.15, 0.2) is 0 Å². The third kappa shape index (κ3) is 6.04. The van der Waals surface area contributed by atoms with Crippen molar-refractivity contribution in [2.24, 2.45) is 5.92 Å². The van der Waals surface area contributed by atoms with E-state index >= 15 is 0 Å². The number of allylic oxidation sites excluding steroid dienone is 3. The number of hydrogen-bond acceptors (Lipinski definition) is 4. The van der Waals surface area contributed by atoms with Crippen molar-refractivity contribution in [3.63, 3.8) is 0 Å². The molecule has 22 heavy (non-hydrogen) atoms.